The number of anilines is 1. The Morgan fingerprint density at radius 1 is 1.40 bits per heavy atom. The molecule has 0 atom stereocenters. The van der Waals surface area contributed by atoms with Crippen LogP contribution in [0.25, 0.3) is 0 Å². The van der Waals surface area contributed by atoms with E-state index >= 15 is 0 Å². The van der Waals surface area contributed by atoms with Crippen LogP contribution >= 0.6 is 0 Å². The van der Waals surface area contributed by atoms with Gasteiger partial charge in [-0.05, 0) is 11.8 Å². The maximum absolute atomic E-state index is 8.59. The first kappa shape index (κ1) is 9.91. The molecule has 1 saturated heterocycles. The minimum absolute atomic E-state index is 0.234. The van der Waals surface area contributed by atoms with Gasteiger partial charge in [-0.25, -0.2) is 9.97 Å². The van der Waals surface area contributed by atoms with Gasteiger partial charge in [0.15, 0.2) is 0 Å². The molecule has 1 aromatic rings. The van der Waals surface area contributed by atoms with Crippen LogP contribution in [0.5, 0.6) is 0 Å². The molecule has 0 spiro atoms. The van der Waals surface area contributed by atoms with Crippen LogP contribution in [-0.2, 0) is 0 Å². The van der Waals surface area contributed by atoms with Gasteiger partial charge in [-0.15, -0.1) is 0 Å². The highest BCUT2D eigenvalue weighted by Gasteiger charge is 2.29. The van der Waals surface area contributed by atoms with Gasteiger partial charge in [0.25, 0.3) is 0 Å². The summed E-state index contributed by atoms with van der Waals surface area (Å²) < 4.78 is 0. The van der Waals surface area contributed by atoms with Gasteiger partial charge in [0.1, 0.15) is 6.07 Å². The van der Waals surface area contributed by atoms with Crippen molar-refractivity contribution in [3.05, 3.63) is 18.2 Å². The molecule has 0 N–H and O–H groups in total. The number of hydrogen-bond acceptors (Lipinski definition) is 4. The molecule has 15 heavy (non-hydrogen) atoms. The Kier molecular flexibility index (Phi) is 2.31. The molecule has 1 aromatic heterocycles. The molecule has 0 unspecified atom stereocenters. The molecule has 1 aliphatic rings. The average molecular weight is 202 g/mol. The number of rotatable bonds is 1. The first-order valence-electron chi connectivity index (χ1n) is 5.08. The Morgan fingerprint density at radius 2 is 2.07 bits per heavy atom. The SMILES string of the molecule is CC1(C)CCN(c2cnc(C#N)nc2)C1. The van der Waals surface area contributed by atoms with E-state index in [9.17, 15) is 0 Å². The maximum atomic E-state index is 8.59. The highest BCUT2D eigenvalue weighted by Crippen LogP contribution is 2.31. The molecule has 0 radical (unpaired) electrons. The summed E-state index contributed by atoms with van der Waals surface area (Å²) in [7, 11) is 0. The zero-order chi connectivity index (χ0) is 10.9. The Morgan fingerprint density at radius 3 is 2.53 bits per heavy atom. The summed E-state index contributed by atoms with van der Waals surface area (Å²) in [5, 5.41) is 8.59. The van der Waals surface area contributed by atoms with Gasteiger partial charge < -0.3 is 4.90 Å². The topological polar surface area (TPSA) is 52.8 Å². The van der Waals surface area contributed by atoms with Crippen molar-refractivity contribution >= 4 is 5.69 Å². The summed E-state index contributed by atoms with van der Waals surface area (Å²) in [5.41, 5.74) is 1.38. The highest BCUT2D eigenvalue weighted by molar-refractivity contribution is 5.44. The molecule has 1 aliphatic heterocycles. The normalized spacial score (nSPS) is 18.9. The second-order valence-electron chi connectivity index (χ2n) is 4.71. The second kappa shape index (κ2) is 3.50. The summed E-state index contributed by atoms with van der Waals surface area (Å²) >= 11 is 0. The van der Waals surface area contributed by atoms with Crippen molar-refractivity contribution in [2.24, 2.45) is 5.41 Å². The maximum Gasteiger partial charge on any atom is 0.232 e. The minimum Gasteiger partial charge on any atom is -0.368 e. The Hall–Kier alpha value is -1.63. The van der Waals surface area contributed by atoms with E-state index in [1.165, 1.54) is 6.42 Å². The molecule has 2 heterocycles. The van der Waals surface area contributed by atoms with Crippen LogP contribution in [0.2, 0.25) is 0 Å². The lowest BCUT2D eigenvalue weighted by Crippen LogP contribution is -2.22. The molecule has 0 bridgehead atoms. The smallest absolute Gasteiger partial charge is 0.232 e. The minimum atomic E-state index is 0.234. The number of hydrogen-bond donors (Lipinski definition) is 0. The lowest BCUT2D eigenvalue weighted by molar-refractivity contribution is 0.418. The third kappa shape index (κ3) is 2.07. The fourth-order valence-corrected chi connectivity index (χ4v) is 1.88. The Labute approximate surface area is 89.6 Å². The molecule has 1 fully saturated rings. The second-order valence-corrected chi connectivity index (χ2v) is 4.71. The molecular weight excluding hydrogens is 188 g/mol. The first-order valence-corrected chi connectivity index (χ1v) is 5.08. The summed E-state index contributed by atoms with van der Waals surface area (Å²) in [5.74, 6) is 0.234. The van der Waals surface area contributed by atoms with E-state index in [-0.39, 0.29) is 5.82 Å². The van der Waals surface area contributed by atoms with Crippen LogP contribution in [0.15, 0.2) is 12.4 Å². The van der Waals surface area contributed by atoms with Crippen LogP contribution in [0, 0.1) is 16.7 Å². The van der Waals surface area contributed by atoms with Gasteiger partial charge in [0.05, 0.1) is 18.1 Å². The van der Waals surface area contributed by atoms with Gasteiger partial charge in [-0.3, -0.25) is 0 Å². The third-order valence-electron chi connectivity index (χ3n) is 2.78. The van der Waals surface area contributed by atoms with Crippen LogP contribution in [0.4, 0.5) is 5.69 Å². The average Bonchev–Trinajstić information content (AvgIpc) is 2.59. The molecule has 0 aliphatic carbocycles. The van der Waals surface area contributed by atoms with Crippen molar-refractivity contribution in [2.75, 3.05) is 18.0 Å². The van der Waals surface area contributed by atoms with E-state index in [4.69, 9.17) is 5.26 Å². The molecule has 2 rings (SSSR count). The van der Waals surface area contributed by atoms with E-state index in [1.54, 1.807) is 12.4 Å². The van der Waals surface area contributed by atoms with E-state index in [1.807, 2.05) is 6.07 Å². The molecule has 0 saturated carbocycles. The van der Waals surface area contributed by atoms with Gasteiger partial charge in [-0.1, -0.05) is 13.8 Å². The number of aromatic nitrogens is 2. The molecular formula is C11H14N4. The highest BCUT2D eigenvalue weighted by atomic mass is 15.2. The van der Waals surface area contributed by atoms with E-state index in [2.05, 4.69) is 28.7 Å². The van der Waals surface area contributed by atoms with Crippen molar-refractivity contribution in [2.45, 2.75) is 20.3 Å². The molecule has 4 nitrogen and oxygen atoms in total. The fraction of sp³-hybridized carbons (Fsp3) is 0.545. The van der Waals surface area contributed by atoms with Gasteiger partial charge in [0.2, 0.25) is 5.82 Å². The van der Waals surface area contributed by atoms with E-state index in [0.717, 1.165) is 18.8 Å². The summed E-state index contributed by atoms with van der Waals surface area (Å²) in [6.07, 6.45) is 4.65. The van der Waals surface area contributed by atoms with Crippen molar-refractivity contribution in [1.29, 1.82) is 5.26 Å². The first-order chi connectivity index (χ1) is 7.11. The predicted octanol–water partition coefficient (Wildman–Crippen LogP) is 1.58. The zero-order valence-electron chi connectivity index (χ0n) is 9.06. The fourth-order valence-electron chi connectivity index (χ4n) is 1.88. The van der Waals surface area contributed by atoms with Crippen molar-refractivity contribution in [3.8, 4) is 6.07 Å². The Balaban J connectivity index is 2.15. The standard InChI is InChI=1S/C11H14N4/c1-11(2)3-4-15(8-11)9-6-13-10(5-12)14-7-9/h6-7H,3-4,8H2,1-2H3. The number of nitrogens with zero attached hydrogens (tertiary/aromatic N) is 4. The number of nitriles is 1. The quantitative estimate of drug-likeness (QED) is 0.693. The van der Waals surface area contributed by atoms with E-state index in [0.29, 0.717) is 5.41 Å². The summed E-state index contributed by atoms with van der Waals surface area (Å²) in [6, 6.07) is 1.92. The molecule has 0 aromatic carbocycles. The van der Waals surface area contributed by atoms with Gasteiger partial charge in [-0.2, -0.15) is 5.26 Å². The monoisotopic (exact) mass is 202 g/mol. The molecule has 4 heteroatoms. The van der Waals surface area contributed by atoms with Crippen LogP contribution < -0.4 is 4.90 Å². The summed E-state index contributed by atoms with van der Waals surface area (Å²) in [4.78, 5) is 10.2. The third-order valence-corrected chi connectivity index (χ3v) is 2.78. The Bertz CT molecular complexity index is 388. The van der Waals surface area contributed by atoms with Crippen molar-refractivity contribution in [1.82, 2.24) is 9.97 Å². The largest absolute Gasteiger partial charge is 0.368 e. The lowest BCUT2D eigenvalue weighted by Gasteiger charge is -2.20. The van der Waals surface area contributed by atoms with Crippen LogP contribution in [0.1, 0.15) is 26.1 Å². The molecule has 78 valence electrons. The molecule has 0 amide bonds. The van der Waals surface area contributed by atoms with E-state index < -0.39 is 0 Å². The predicted molar refractivity (Wildman–Crippen MR) is 57.4 cm³/mol. The van der Waals surface area contributed by atoms with Gasteiger partial charge >= 0.3 is 0 Å². The zero-order valence-corrected chi connectivity index (χ0v) is 9.06. The van der Waals surface area contributed by atoms with Crippen LogP contribution in [-0.4, -0.2) is 23.1 Å². The van der Waals surface area contributed by atoms with Gasteiger partial charge in [0, 0.05) is 13.1 Å². The van der Waals surface area contributed by atoms with Crippen molar-refractivity contribution in [3.63, 3.8) is 0 Å². The van der Waals surface area contributed by atoms with Crippen molar-refractivity contribution < 1.29 is 0 Å². The lowest BCUT2D eigenvalue weighted by atomic mass is 9.93. The van der Waals surface area contributed by atoms with Crippen LogP contribution in [0.3, 0.4) is 0 Å². The summed E-state index contributed by atoms with van der Waals surface area (Å²) in [6.45, 7) is 6.60.